The minimum Gasteiger partial charge on any atom is -0.369 e. The van der Waals surface area contributed by atoms with Crippen molar-refractivity contribution in [1.29, 1.82) is 0 Å². The van der Waals surface area contributed by atoms with Crippen LogP contribution in [-0.2, 0) is 5.41 Å². The molecule has 0 aromatic heterocycles. The lowest BCUT2D eigenvalue weighted by atomic mass is 9.62. The Labute approximate surface area is 147 Å². The molecule has 0 spiro atoms. The van der Waals surface area contributed by atoms with Gasteiger partial charge in [0.1, 0.15) is 0 Å². The van der Waals surface area contributed by atoms with Gasteiger partial charge in [-0.25, -0.2) is 0 Å². The van der Waals surface area contributed by atoms with Crippen LogP contribution in [0.3, 0.4) is 0 Å². The first-order valence-electron chi connectivity index (χ1n) is 8.14. The molecule has 2 aromatic rings. The summed E-state index contributed by atoms with van der Waals surface area (Å²) < 4.78 is 0. The SMILES string of the molecule is CC1N(c2ccccc2)C([Si])([Si])C(C)(c2ccccc2)C1(C)C. The van der Waals surface area contributed by atoms with Gasteiger partial charge in [-0.3, -0.25) is 0 Å². The van der Waals surface area contributed by atoms with Gasteiger partial charge in [0.2, 0.25) is 0 Å². The summed E-state index contributed by atoms with van der Waals surface area (Å²) in [5, 5.41) is 0. The van der Waals surface area contributed by atoms with E-state index < -0.39 is 0 Å². The Hall–Kier alpha value is -1.33. The van der Waals surface area contributed by atoms with Crippen LogP contribution in [0.1, 0.15) is 33.3 Å². The van der Waals surface area contributed by atoms with E-state index in [1.165, 1.54) is 11.3 Å². The van der Waals surface area contributed by atoms with Gasteiger partial charge < -0.3 is 4.90 Å². The van der Waals surface area contributed by atoms with Crippen molar-refractivity contribution in [3.8, 4) is 0 Å². The lowest BCUT2D eigenvalue weighted by Gasteiger charge is -2.48. The summed E-state index contributed by atoms with van der Waals surface area (Å²) in [4.78, 5) is 2.08. The maximum atomic E-state index is 4.13. The maximum absolute atomic E-state index is 4.13. The van der Waals surface area contributed by atoms with Crippen molar-refractivity contribution in [1.82, 2.24) is 0 Å². The number of rotatable bonds is 2. The van der Waals surface area contributed by atoms with E-state index in [4.69, 9.17) is 0 Å². The third-order valence-electron chi connectivity index (χ3n) is 6.19. The highest BCUT2D eigenvalue weighted by atomic mass is 28.2. The molecule has 2 atom stereocenters. The number of hydrogen-bond acceptors (Lipinski definition) is 1. The van der Waals surface area contributed by atoms with E-state index in [0.717, 1.165) is 0 Å². The number of para-hydroxylation sites is 1. The first-order valence-corrected chi connectivity index (χ1v) is 9.14. The van der Waals surface area contributed by atoms with E-state index in [1.54, 1.807) is 0 Å². The van der Waals surface area contributed by atoms with Crippen LogP contribution in [0.15, 0.2) is 60.7 Å². The van der Waals surface area contributed by atoms with Crippen LogP contribution in [0.25, 0.3) is 0 Å². The Balaban J connectivity index is 2.22. The second-order valence-corrected chi connectivity index (χ2v) is 9.25. The quantitative estimate of drug-likeness (QED) is 0.754. The average Bonchev–Trinajstić information content (AvgIpc) is 2.65. The number of anilines is 1. The molecule has 23 heavy (non-hydrogen) atoms. The summed E-state index contributed by atoms with van der Waals surface area (Å²) in [5.41, 5.74) is 2.48. The van der Waals surface area contributed by atoms with Crippen molar-refractivity contribution < 1.29 is 0 Å². The summed E-state index contributed by atoms with van der Waals surface area (Å²) in [7, 11) is 8.25. The summed E-state index contributed by atoms with van der Waals surface area (Å²) in [6, 6.07) is 21.8. The molecular formula is C20H23NSi2. The van der Waals surface area contributed by atoms with Gasteiger partial charge in [-0.15, -0.1) is 0 Å². The zero-order valence-corrected chi connectivity index (χ0v) is 16.3. The molecule has 1 aliphatic rings. The Kier molecular flexibility index (Phi) is 3.84. The van der Waals surface area contributed by atoms with Gasteiger partial charge in [0, 0.05) is 21.9 Å². The molecule has 2 aromatic carbocycles. The van der Waals surface area contributed by atoms with Crippen molar-refractivity contribution >= 4 is 26.2 Å². The predicted octanol–water partition coefficient (Wildman–Crippen LogP) is 3.87. The zero-order valence-electron chi connectivity index (χ0n) is 14.3. The van der Waals surface area contributed by atoms with Crippen LogP contribution in [0.5, 0.6) is 0 Å². The molecule has 1 nitrogen and oxygen atoms in total. The second-order valence-electron chi connectivity index (χ2n) is 7.30. The van der Waals surface area contributed by atoms with Gasteiger partial charge in [-0.1, -0.05) is 69.3 Å². The third kappa shape index (κ3) is 2.09. The van der Waals surface area contributed by atoms with Crippen LogP contribution in [-0.4, -0.2) is 31.3 Å². The van der Waals surface area contributed by atoms with Crippen molar-refractivity contribution in [2.24, 2.45) is 5.41 Å². The first kappa shape index (κ1) is 16.5. The molecule has 1 heterocycles. The first-order chi connectivity index (χ1) is 10.7. The van der Waals surface area contributed by atoms with E-state index in [9.17, 15) is 0 Å². The Morgan fingerprint density at radius 2 is 1.30 bits per heavy atom. The lowest BCUT2D eigenvalue weighted by molar-refractivity contribution is 0.201. The monoisotopic (exact) mass is 333 g/mol. The molecule has 1 saturated heterocycles. The van der Waals surface area contributed by atoms with Gasteiger partial charge in [0.05, 0.1) is 20.5 Å². The Morgan fingerprint density at radius 1 is 0.826 bits per heavy atom. The van der Waals surface area contributed by atoms with Crippen molar-refractivity contribution in [2.45, 2.75) is 43.9 Å². The summed E-state index contributed by atoms with van der Waals surface area (Å²) in [5.74, 6) is 0. The van der Waals surface area contributed by atoms with Gasteiger partial charge >= 0.3 is 0 Å². The molecule has 6 radical (unpaired) electrons. The Morgan fingerprint density at radius 3 is 1.83 bits per heavy atom. The van der Waals surface area contributed by atoms with Crippen LogP contribution in [0.2, 0.25) is 0 Å². The normalized spacial score (nSPS) is 28.8. The molecule has 116 valence electrons. The van der Waals surface area contributed by atoms with Gasteiger partial charge in [-0.2, -0.15) is 0 Å². The standard InChI is InChI=1S/C20H23NSi2/c1-15-18(2,3)19(4,16-11-7-5-8-12-16)20(22,23)21(15)17-13-9-6-10-14-17/h5-15H,1-4H3. The van der Waals surface area contributed by atoms with E-state index in [2.05, 4.69) is 114 Å². The second kappa shape index (κ2) is 5.35. The highest BCUT2D eigenvalue weighted by Crippen LogP contribution is 2.59. The van der Waals surface area contributed by atoms with E-state index in [-0.39, 0.29) is 15.6 Å². The predicted molar refractivity (Wildman–Crippen MR) is 100 cm³/mol. The average molecular weight is 334 g/mol. The minimum atomic E-state index is -0.376. The summed E-state index contributed by atoms with van der Waals surface area (Å²) in [6.45, 7) is 9.39. The lowest BCUT2D eigenvalue weighted by Crippen LogP contribution is -2.59. The molecule has 3 heteroatoms. The van der Waals surface area contributed by atoms with Gasteiger partial charge in [-0.05, 0) is 30.0 Å². The van der Waals surface area contributed by atoms with Crippen molar-refractivity contribution in [3.63, 3.8) is 0 Å². The van der Waals surface area contributed by atoms with Gasteiger partial charge in [0.25, 0.3) is 0 Å². The van der Waals surface area contributed by atoms with E-state index >= 15 is 0 Å². The van der Waals surface area contributed by atoms with E-state index in [1.807, 2.05) is 0 Å². The van der Waals surface area contributed by atoms with Crippen molar-refractivity contribution in [2.75, 3.05) is 4.90 Å². The Bertz CT molecular complexity index is 681. The topological polar surface area (TPSA) is 3.24 Å². The highest BCUT2D eigenvalue weighted by molar-refractivity contribution is 6.43. The molecule has 0 bridgehead atoms. The molecule has 0 amide bonds. The molecule has 1 aliphatic heterocycles. The molecule has 1 fully saturated rings. The molecule has 0 N–H and O–H groups in total. The number of benzene rings is 2. The van der Waals surface area contributed by atoms with Crippen LogP contribution >= 0.6 is 0 Å². The van der Waals surface area contributed by atoms with Gasteiger partial charge in [0.15, 0.2) is 0 Å². The molecule has 3 rings (SSSR count). The molecule has 0 aliphatic carbocycles. The smallest absolute Gasteiger partial charge is 0.0561 e. The molecule has 2 unspecified atom stereocenters. The molecule has 0 saturated carbocycles. The largest absolute Gasteiger partial charge is 0.369 e. The fourth-order valence-corrected chi connectivity index (χ4v) is 5.67. The maximum Gasteiger partial charge on any atom is 0.0561 e. The summed E-state index contributed by atoms with van der Waals surface area (Å²) >= 11 is 0. The fourth-order valence-electron chi connectivity index (χ4n) is 4.10. The zero-order chi connectivity index (χ0) is 16.9. The van der Waals surface area contributed by atoms with Crippen LogP contribution in [0.4, 0.5) is 5.69 Å². The third-order valence-corrected chi connectivity index (χ3v) is 7.67. The van der Waals surface area contributed by atoms with Crippen LogP contribution < -0.4 is 4.90 Å². The minimum absolute atomic E-state index is 0.0493. The number of nitrogens with zero attached hydrogens (tertiary/aromatic N) is 1. The van der Waals surface area contributed by atoms with Crippen molar-refractivity contribution in [3.05, 3.63) is 66.2 Å². The fraction of sp³-hybridized carbons (Fsp3) is 0.400. The molecular weight excluding hydrogens is 310 g/mol. The number of hydrogen-bond donors (Lipinski definition) is 0. The highest BCUT2D eigenvalue weighted by Gasteiger charge is 2.64. The van der Waals surface area contributed by atoms with Crippen LogP contribution in [0, 0.1) is 5.41 Å². The van der Waals surface area contributed by atoms with E-state index in [0.29, 0.717) is 6.04 Å². The summed E-state index contributed by atoms with van der Waals surface area (Å²) in [6.07, 6.45) is 0.